The maximum absolute atomic E-state index is 5.98. The molecule has 3 N–H and O–H groups in total. The Morgan fingerprint density at radius 2 is 1.78 bits per heavy atom. The van der Waals surface area contributed by atoms with Crippen molar-refractivity contribution in [2.75, 3.05) is 20.6 Å². The molecule has 0 aliphatic heterocycles. The van der Waals surface area contributed by atoms with Crippen LogP contribution >= 0.6 is 0 Å². The summed E-state index contributed by atoms with van der Waals surface area (Å²) in [5.74, 6) is 0.608. The van der Waals surface area contributed by atoms with E-state index in [-0.39, 0.29) is 5.54 Å². The van der Waals surface area contributed by atoms with Crippen molar-refractivity contribution in [1.29, 1.82) is 0 Å². The fraction of sp³-hybridized carbons (Fsp3) is 0.929. The molecule has 0 spiro atoms. The van der Waals surface area contributed by atoms with E-state index >= 15 is 0 Å². The first-order valence-electron chi connectivity index (χ1n) is 7.16. The van der Waals surface area contributed by atoms with E-state index in [9.17, 15) is 0 Å². The second kappa shape index (κ2) is 6.98. The number of aliphatic imine (C=N–C) groups is 1. The summed E-state index contributed by atoms with van der Waals surface area (Å²) in [4.78, 5) is 6.66. The molecule has 0 aromatic carbocycles. The van der Waals surface area contributed by atoms with Crippen molar-refractivity contribution in [2.24, 2.45) is 10.7 Å². The molecule has 18 heavy (non-hydrogen) atoms. The van der Waals surface area contributed by atoms with Gasteiger partial charge in [-0.1, -0.05) is 25.7 Å². The van der Waals surface area contributed by atoms with Crippen LogP contribution < -0.4 is 11.1 Å². The minimum atomic E-state index is 0.0513. The van der Waals surface area contributed by atoms with Crippen LogP contribution in [0.4, 0.5) is 0 Å². The minimum Gasteiger partial charge on any atom is -0.370 e. The molecule has 1 aliphatic rings. The second-order valence-electron chi connectivity index (χ2n) is 6.24. The van der Waals surface area contributed by atoms with Crippen molar-refractivity contribution in [3.63, 3.8) is 0 Å². The van der Waals surface area contributed by atoms with Crippen molar-refractivity contribution >= 4 is 5.96 Å². The highest BCUT2D eigenvalue weighted by Crippen LogP contribution is 2.17. The summed E-state index contributed by atoms with van der Waals surface area (Å²) in [5.41, 5.74) is 6.03. The number of nitrogens with two attached hydrogens (primary N) is 1. The highest BCUT2D eigenvalue weighted by atomic mass is 15.2. The Kier molecular flexibility index (Phi) is 5.93. The third-order valence-corrected chi connectivity index (χ3v) is 4.05. The van der Waals surface area contributed by atoms with Gasteiger partial charge in [0.15, 0.2) is 5.96 Å². The standard InChI is InChI=1S/C14H30N4/c1-14(2,18(3)4)11-16-13(15)17-12-9-7-5-6-8-10-12/h12H,5-11H2,1-4H3,(H3,15,16,17). The number of nitrogens with one attached hydrogen (secondary N) is 1. The van der Waals surface area contributed by atoms with Crippen LogP contribution in [0.5, 0.6) is 0 Å². The predicted molar refractivity (Wildman–Crippen MR) is 78.9 cm³/mol. The lowest BCUT2D eigenvalue weighted by Gasteiger charge is -2.31. The van der Waals surface area contributed by atoms with Gasteiger partial charge in [-0.15, -0.1) is 0 Å². The largest absolute Gasteiger partial charge is 0.370 e. The van der Waals surface area contributed by atoms with Gasteiger partial charge in [-0.3, -0.25) is 4.99 Å². The molecule has 0 unspecified atom stereocenters. The molecule has 1 fully saturated rings. The summed E-state index contributed by atoms with van der Waals surface area (Å²) in [5, 5.41) is 3.38. The lowest BCUT2D eigenvalue weighted by Crippen LogP contribution is -2.44. The number of nitrogens with zero attached hydrogens (tertiary/aromatic N) is 2. The zero-order valence-corrected chi connectivity index (χ0v) is 12.5. The second-order valence-corrected chi connectivity index (χ2v) is 6.24. The molecule has 4 heteroatoms. The normalized spacial score (nSPS) is 19.9. The number of guanidine groups is 1. The first-order valence-corrected chi connectivity index (χ1v) is 7.16. The Balaban J connectivity index is 2.41. The van der Waals surface area contributed by atoms with Gasteiger partial charge in [-0.2, -0.15) is 0 Å². The molecule has 106 valence electrons. The topological polar surface area (TPSA) is 53.6 Å². The number of likely N-dealkylation sites (N-methyl/N-ethyl adjacent to an activating group) is 1. The Morgan fingerprint density at radius 1 is 1.22 bits per heavy atom. The predicted octanol–water partition coefficient (Wildman–Crippen LogP) is 1.95. The number of rotatable bonds is 4. The van der Waals surface area contributed by atoms with Gasteiger partial charge in [0, 0.05) is 11.6 Å². The molecule has 0 aromatic rings. The molecule has 1 saturated carbocycles. The molecule has 0 radical (unpaired) electrons. The van der Waals surface area contributed by atoms with Gasteiger partial charge < -0.3 is 16.0 Å². The molecule has 0 aromatic heterocycles. The van der Waals surface area contributed by atoms with Crippen LogP contribution in [0, 0.1) is 0 Å². The summed E-state index contributed by atoms with van der Waals surface area (Å²) >= 11 is 0. The van der Waals surface area contributed by atoms with E-state index in [1.54, 1.807) is 0 Å². The molecular weight excluding hydrogens is 224 g/mol. The molecule has 1 aliphatic carbocycles. The first-order chi connectivity index (χ1) is 8.42. The zero-order chi connectivity index (χ0) is 13.6. The van der Waals surface area contributed by atoms with Gasteiger partial charge in [-0.05, 0) is 40.8 Å². The highest BCUT2D eigenvalue weighted by Gasteiger charge is 2.20. The molecule has 4 nitrogen and oxygen atoms in total. The Labute approximate surface area is 112 Å². The lowest BCUT2D eigenvalue weighted by atomic mass is 10.1. The van der Waals surface area contributed by atoms with Gasteiger partial charge in [0.2, 0.25) is 0 Å². The Bertz CT molecular complexity index is 263. The molecule has 1 rings (SSSR count). The van der Waals surface area contributed by atoms with E-state index in [4.69, 9.17) is 5.73 Å². The monoisotopic (exact) mass is 254 g/mol. The van der Waals surface area contributed by atoms with Gasteiger partial charge in [0.1, 0.15) is 0 Å². The fourth-order valence-electron chi connectivity index (χ4n) is 2.10. The van der Waals surface area contributed by atoms with Crippen molar-refractivity contribution in [3.8, 4) is 0 Å². The summed E-state index contributed by atoms with van der Waals surface area (Å²) in [6, 6.07) is 0.527. The van der Waals surface area contributed by atoms with Crippen LogP contribution in [0.3, 0.4) is 0 Å². The number of hydrogen-bond acceptors (Lipinski definition) is 2. The van der Waals surface area contributed by atoms with Gasteiger partial charge in [0.25, 0.3) is 0 Å². The van der Waals surface area contributed by atoms with Crippen LogP contribution in [0.1, 0.15) is 52.4 Å². The molecule has 0 bridgehead atoms. The van der Waals surface area contributed by atoms with Crippen molar-refractivity contribution in [3.05, 3.63) is 0 Å². The van der Waals surface area contributed by atoms with Crippen LogP contribution in [-0.2, 0) is 0 Å². The van der Waals surface area contributed by atoms with E-state index < -0.39 is 0 Å². The van der Waals surface area contributed by atoms with Crippen LogP contribution in [0.25, 0.3) is 0 Å². The highest BCUT2D eigenvalue weighted by molar-refractivity contribution is 5.78. The third-order valence-electron chi connectivity index (χ3n) is 4.05. The molecule has 0 heterocycles. The van der Waals surface area contributed by atoms with Crippen LogP contribution in [0.15, 0.2) is 4.99 Å². The lowest BCUT2D eigenvalue weighted by molar-refractivity contribution is 0.205. The Morgan fingerprint density at radius 3 is 2.28 bits per heavy atom. The minimum absolute atomic E-state index is 0.0513. The van der Waals surface area contributed by atoms with Gasteiger partial charge >= 0.3 is 0 Å². The van der Waals surface area contributed by atoms with E-state index in [1.165, 1.54) is 38.5 Å². The van der Waals surface area contributed by atoms with Crippen molar-refractivity contribution < 1.29 is 0 Å². The maximum Gasteiger partial charge on any atom is 0.188 e. The smallest absolute Gasteiger partial charge is 0.188 e. The van der Waals surface area contributed by atoms with E-state index in [0.29, 0.717) is 12.0 Å². The SMILES string of the molecule is CN(C)C(C)(C)CN=C(N)NC1CCCCCC1. The van der Waals surface area contributed by atoms with Crippen LogP contribution in [0.2, 0.25) is 0 Å². The average molecular weight is 254 g/mol. The van der Waals surface area contributed by atoms with Gasteiger partial charge in [-0.25, -0.2) is 0 Å². The van der Waals surface area contributed by atoms with E-state index in [2.05, 4.69) is 43.2 Å². The molecular formula is C14H30N4. The average Bonchev–Trinajstić information content (AvgIpc) is 2.55. The Hall–Kier alpha value is -0.770. The summed E-state index contributed by atoms with van der Waals surface area (Å²) in [6.45, 7) is 5.08. The quantitative estimate of drug-likeness (QED) is 0.458. The van der Waals surface area contributed by atoms with Crippen molar-refractivity contribution in [1.82, 2.24) is 10.2 Å². The zero-order valence-electron chi connectivity index (χ0n) is 12.5. The van der Waals surface area contributed by atoms with Crippen molar-refractivity contribution in [2.45, 2.75) is 64.0 Å². The summed E-state index contributed by atoms with van der Waals surface area (Å²) in [6.07, 6.45) is 7.81. The van der Waals surface area contributed by atoms with E-state index in [0.717, 1.165) is 6.54 Å². The van der Waals surface area contributed by atoms with E-state index in [1.807, 2.05) is 0 Å². The first kappa shape index (κ1) is 15.3. The van der Waals surface area contributed by atoms with Crippen LogP contribution in [-0.4, -0.2) is 43.1 Å². The third kappa shape index (κ3) is 5.25. The number of hydrogen-bond donors (Lipinski definition) is 2. The molecule has 0 atom stereocenters. The summed E-state index contributed by atoms with van der Waals surface area (Å²) < 4.78 is 0. The molecule has 0 saturated heterocycles. The maximum atomic E-state index is 5.98. The van der Waals surface area contributed by atoms with Gasteiger partial charge in [0.05, 0.1) is 6.54 Å². The molecule has 0 amide bonds. The fourth-order valence-corrected chi connectivity index (χ4v) is 2.10. The summed E-state index contributed by atoms with van der Waals surface area (Å²) in [7, 11) is 4.15.